The van der Waals surface area contributed by atoms with Gasteiger partial charge in [0.05, 0.1) is 5.75 Å². The molecule has 0 unspecified atom stereocenters. The van der Waals surface area contributed by atoms with Crippen LogP contribution in [0.2, 0.25) is 5.02 Å². The van der Waals surface area contributed by atoms with Crippen LogP contribution >= 0.6 is 23.4 Å². The SMILES string of the molecule is O=C1CS[C@@H](c2ccn(-c3cccc(Cl)c3)c2)N1Cc1ccccc1. The monoisotopic (exact) mass is 368 g/mol. The van der Waals surface area contributed by atoms with Crippen molar-refractivity contribution in [3.05, 3.63) is 89.2 Å². The predicted octanol–water partition coefficient (Wildman–Crippen LogP) is 4.90. The number of nitrogens with zero attached hydrogens (tertiary/aromatic N) is 2. The lowest BCUT2D eigenvalue weighted by atomic mass is 10.2. The Hall–Kier alpha value is -2.17. The van der Waals surface area contributed by atoms with E-state index < -0.39 is 0 Å². The fraction of sp³-hybridized carbons (Fsp3) is 0.150. The summed E-state index contributed by atoms with van der Waals surface area (Å²) in [6.07, 6.45) is 4.10. The number of carbonyl (C=O) groups excluding carboxylic acids is 1. The third kappa shape index (κ3) is 3.46. The quantitative estimate of drug-likeness (QED) is 0.654. The van der Waals surface area contributed by atoms with Gasteiger partial charge in [-0.25, -0.2) is 0 Å². The van der Waals surface area contributed by atoms with Gasteiger partial charge in [-0.2, -0.15) is 0 Å². The first-order valence-electron chi connectivity index (χ1n) is 8.09. The van der Waals surface area contributed by atoms with Crippen molar-refractivity contribution in [3.8, 4) is 5.69 Å². The van der Waals surface area contributed by atoms with E-state index in [1.807, 2.05) is 58.1 Å². The van der Waals surface area contributed by atoms with Crippen molar-refractivity contribution in [2.75, 3.05) is 5.75 Å². The van der Waals surface area contributed by atoms with Crippen LogP contribution in [0, 0.1) is 0 Å². The van der Waals surface area contributed by atoms with Crippen LogP contribution in [0.15, 0.2) is 73.1 Å². The van der Waals surface area contributed by atoms with Gasteiger partial charge in [-0.05, 0) is 29.8 Å². The molecule has 1 aliphatic rings. The summed E-state index contributed by atoms with van der Waals surface area (Å²) < 4.78 is 2.05. The van der Waals surface area contributed by atoms with Gasteiger partial charge >= 0.3 is 0 Å². The van der Waals surface area contributed by atoms with Crippen LogP contribution in [0.4, 0.5) is 0 Å². The minimum atomic E-state index is 0.0492. The standard InChI is InChI=1S/C20H17ClN2OS/c21-17-7-4-8-18(11-17)22-10-9-16(13-22)20-23(19(24)14-25-20)12-15-5-2-1-3-6-15/h1-11,13,20H,12,14H2/t20-/m0/s1. The maximum Gasteiger partial charge on any atom is 0.234 e. The second-order valence-electron chi connectivity index (χ2n) is 6.00. The zero-order valence-corrected chi connectivity index (χ0v) is 15.1. The molecule has 0 bridgehead atoms. The number of thioether (sulfide) groups is 1. The van der Waals surface area contributed by atoms with Crippen LogP contribution < -0.4 is 0 Å². The third-order valence-electron chi connectivity index (χ3n) is 4.27. The molecule has 1 atom stereocenters. The normalized spacial score (nSPS) is 17.2. The lowest BCUT2D eigenvalue weighted by Crippen LogP contribution is -2.27. The molecule has 0 radical (unpaired) electrons. The summed E-state index contributed by atoms with van der Waals surface area (Å²) in [7, 11) is 0. The van der Waals surface area contributed by atoms with E-state index in [2.05, 4.69) is 24.4 Å². The molecule has 5 heteroatoms. The van der Waals surface area contributed by atoms with E-state index in [1.165, 1.54) is 0 Å². The second-order valence-corrected chi connectivity index (χ2v) is 7.51. The summed E-state index contributed by atoms with van der Waals surface area (Å²) >= 11 is 7.77. The Labute approximate surface area is 156 Å². The fourth-order valence-electron chi connectivity index (χ4n) is 3.04. The van der Waals surface area contributed by atoms with E-state index in [0.717, 1.165) is 16.8 Å². The minimum Gasteiger partial charge on any atom is -0.323 e. The van der Waals surface area contributed by atoms with E-state index in [4.69, 9.17) is 11.6 Å². The third-order valence-corrected chi connectivity index (χ3v) is 5.76. The van der Waals surface area contributed by atoms with Crippen LogP contribution in [0.25, 0.3) is 5.69 Å². The molecular weight excluding hydrogens is 352 g/mol. The molecule has 2 heterocycles. The van der Waals surface area contributed by atoms with Gasteiger partial charge in [-0.3, -0.25) is 4.79 Å². The summed E-state index contributed by atoms with van der Waals surface area (Å²) in [4.78, 5) is 14.3. The van der Waals surface area contributed by atoms with E-state index in [1.54, 1.807) is 11.8 Å². The molecule has 1 amide bonds. The highest BCUT2D eigenvalue weighted by atomic mass is 35.5. The molecule has 126 valence electrons. The van der Waals surface area contributed by atoms with Crippen molar-refractivity contribution >= 4 is 29.3 Å². The first-order valence-corrected chi connectivity index (χ1v) is 9.52. The van der Waals surface area contributed by atoms with Gasteiger partial charge in [-0.1, -0.05) is 48.0 Å². The van der Waals surface area contributed by atoms with Crippen LogP contribution in [0.3, 0.4) is 0 Å². The molecule has 1 aromatic heterocycles. The van der Waals surface area contributed by atoms with Crippen molar-refractivity contribution in [1.29, 1.82) is 0 Å². The van der Waals surface area contributed by atoms with Crippen molar-refractivity contribution in [1.82, 2.24) is 9.47 Å². The van der Waals surface area contributed by atoms with Crippen molar-refractivity contribution < 1.29 is 4.79 Å². The first kappa shape index (κ1) is 16.3. The molecule has 2 aromatic carbocycles. The van der Waals surface area contributed by atoms with Crippen LogP contribution in [0.5, 0.6) is 0 Å². The van der Waals surface area contributed by atoms with Crippen molar-refractivity contribution in [3.63, 3.8) is 0 Å². The highest BCUT2D eigenvalue weighted by Gasteiger charge is 2.33. The van der Waals surface area contributed by atoms with E-state index in [0.29, 0.717) is 17.3 Å². The lowest BCUT2D eigenvalue weighted by Gasteiger charge is -2.23. The fourth-order valence-corrected chi connectivity index (χ4v) is 4.39. The molecule has 0 spiro atoms. The number of carbonyl (C=O) groups is 1. The number of rotatable bonds is 4. The Kier molecular flexibility index (Phi) is 4.55. The maximum atomic E-state index is 12.4. The van der Waals surface area contributed by atoms with Crippen LogP contribution in [0.1, 0.15) is 16.5 Å². The number of halogens is 1. The van der Waals surface area contributed by atoms with Crippen LogP contribution in [-0.4, -0.2) is 21.1 Å². The van der Waals surface area contributed by atoms with Gasteiger partial charge in [0.2, 0.25) is 5.91 Å². The summed E-state index contributed by atoms with van der Waals surface area (Å²) in [5.41, 5.74) is 3.30. The molecule has 0 aliphatic carbocycles. The van der Waals surface area contributed by atoms with E-state index in [-0.39, 0.29) is 11.3 Å². The molecule has 1 aliphatic heterocycles. The Balaban J connectivity index is 1.59. The van der Waals surface area contributed by atoms with Gasteiger partial charge in [0.15, 0.2) is 0 Å². The average molecular weight is 369 g/mol. The molecule has 4 rings (SSSR count). The molecular formula is C20H17ClN2OS. The molecule has 3 aromatic rings. The predicted molar refractivity (Wildman–Crippen MR) is 103 cm³/mol. The smallest absolute Gasteiger partial charge is 0.234 e. The summed E-state index contributed by atoms with van der Waals surface area (Å²) in [6.45, 7) is 0.639. The van der Waals surface area contributed by atoms with E-state index in [9.17, 15) is 4.79 Å². The molecule has 0 N–H and O–H groups in total. The maximum absolute atomic E-state index is 12.4. The number of amides is 1. The number of hydrogen-bond acceptors (Lipinski definition) is 2. The highest BCUT2D eigenvalue weighted by molar-refractivity contribution is 8.00. The summed E-state index contributed by atoms with van der Waals surface area (Å²) in [5.74, 6) is 0.717. The van der Waals surface area contributed by atoms with Gasteiger partial charge in [-0.15, -0.1) is 11.8 Å². The van der Waals surface area contributed by atoms with Gasteiger partial charge in [0.25, 0.3) is 0 Å². The largest absolute Gasteiger partial charge is 0.323 e. The molecule has 25 heavy (non-hydrogen) atoms. The lowest BCUT2D eigenvalue weighted by molar-refractivity contribution is -0.128. The van der Waals surface area contributed by atoms with Crippen LogP contribution in [-0.2, 0) is 11.3 Å². The zero-order chi connectivity index (χ0) is 17.2. The Morgan fingerprint density at radius 3 is 2.72 bits per heavy atom. The Bertz CT molecular complexity index is 893. The van der Waals surface area contributed by atoms with Crippen molar-refractivity contribution in [2.45, 2.75) is 11.9 Å². The molecule has 0 saturated carbocycles. The Morgan fingerprint density at radius 1 is 1.08 bits per heavy atom. The first-order chi connectivity index (χ1) is 12.2. The summed E-state index contributed by atoms with van der Waals surface area (Å²) in [5, 5.41) is 0.761. The second kappa shape index (κ2) is 6.98. The Morgan fingerprint density at radius 2 is 1.92 bits per heavy atom. The summed E-state index contributed by atoms with van der Waals surface area (Å²) in [6, 6.07) is 20.0. The zero-order valence-electron chi connectivity index (χ0n) is 13.5. The van der Waals surface area contributed by atoms with Gasteiger partial charge < -0.3 is 9.47 Å². The average Bonchev–Trinajstić information content (AvgIpc) is 3.24. The minimum absolute atomic E-state index is 0.0492. The number of hydrogen-bond donors (Lipinski definition) is 0. The van der Waals surface area contributed by atoms with E-state index >= 15 is 0 Å². The molecule has 3 nitrogen and oxygen atoms in total. The van der Waals surface area contributed by atoms with Crippen molar-refractivity contribution in [2.24, 2.45) is 0 Å². The molecule has 1 saturated heterocycles. The number of aromatic nitrogens is 1. The topological polar surface area (TPSA) is 25.2 Å². The van der Waals surface area contributed by atoms with Gasteiger partial charge in [0, 0.05) is 35.2 Å². The highest BCUT2D eigenvalue weighted by Crippen LogP contribution is 2.40. The molecule has 1 fully saturated rings. The number of benzene rings is 2. The van der Waals surface area contributed by atoms with Gasteiger partial charge in [0.1, 0.15) is 5.37 Å².